The molecule has 0 aliphatic heterocycles. The molecule has 2 aromatic carbocycles. The van der Waals surface area contributed by atoms with Crippen LogP contribution in [0.4, 0.5) is 5.69 Å². The Bertz CT molecular complexity index is 808. The number of fused-ring (bicyclic) bond motifs is 1. The minimum atomic E-state index is -0.511. The fourth-order valence-corrected chi connectivity index (χ4v) is 2.19. The standard InChI is InChI=1S/C18H19NO4/c1-10(2)18(21)23-17-13-7-6-11(3)8-14(13)16(22-12(4)20)9-15(17)19-5/h6-9,19H,1H2,2-5H3. The number of aryl methyl sites for hydroxylation is 1. The molecule has 0 heterocycles. The number of hydrogen-bond donors (Lipinski definition) is 1. The van der Waals surface area contributed by atoms with Crippen LogP contribution in [-0.2, 0) is 9.59 Å². The highest BCUT2D eigenvalue weighted by atomic mass is 16.5. The van der Waals surface area contributed by atoms with Gasteiger partial charge >= 0.3 is 11.9 Å². The van der Waals surface area contributed by atoms with Crippen LogP contribution >= 0.6 is 0 Å². The first-order valence-corrected chi connectivity index (χ1v) is 7.14. The molecule has 0 aliphatic carbocycles. The number of ether oxygens (including phenoxy) is 2. The maximum absolute atomic E-state index is 11.9. The summed E-state index contributed by atoms with van der Waals surface area (Å²) in [4.78, 5) is 23.3. The van der Waals surface area contributed by atoms with Crippen molar-refractivity contribution in [1.82, 2.24) is 0 Å². The monoisotopic (exact) mass is 313 g/mol. The second kappa shape index (κ2) is 6.52. The van der Waals surface area contributed by atoms with E-state index in [1.165, 1.54) is 6.92 Å². The molecule has 5 nitrogen and oxygen atoms in total. The number of anilines is 1. The van der Waals surface area contributed by atoms with Crippen LogP contribution in [0, 0.1) is 6.92 Å². The van der Waals surface area contributed by atoms with Crippen molar-refractivity contribution in [1.29, 1.82) is 0 Å². The second-order valence-electron chi connectivity index (χ2n) is 5.31. The van der Waals surface area contributed by atoms with Gasteiger partial charge in [-0.25, -0.2) is 4.79 Å². The summed E-state index contributed by atoms with van der Waals surface area (Å²) in [7, 11) is 1.70. The molecule has 0 aromatic heterocycles. The van der Waals surface area contributed by atoms with E-state index in [4.69, 9.17) is 9.47 Å². The fourth-order valence-electron chi connectivity index (χ4n) is 2.19. The van der Waals surface area contributed by atoms with Gasteiger partial charge < -0.3 is 14.8 Å². The summed E-state index contributed by atoms with van der Waals surface area (Å²) in [5.74, 6) is -0.132. The molecule has 1 N–H and O–H groups in total. The molecule has 2 aromatic rings. The van der Waals surface area contributed by atoms with Gasteiger partial charge in [0.05, 0.1) is 5.69 Å². The summed E-state index contributed by atoms with van der Waals surface area (Å²) in [5, 5.41) is 4.33. The average Bonchev–Trinajstić information content (AvgIpc) is 2.48. The zero-order chi connectivity index (χ0) is 17.1. The van der Waals surface area contributed by atoms with Crippen LogP contribution in [-0.4, -0.2) is 19.0 Å². The predicted octanol–water partition coefficient (Wildman–Crippen LogP) is 3.60. The predicted molar refractivity (Wildman–Crippen MR) is 90.0 cm³/mol. The van der Waals surface area contributed by atoms with Crippen LogP contribution in [0.15, 0.2) is 36.4 Å². The average molecular weight is 313 g/mol. The molecular weight excluding hydrogens is 294 g/mol. The maximum atomic E-state index is 11.9. The number of esters is 2. The molecule has 0 saturated carbocycles. The number of carbonyl (C=O) groups excluding carboxylic acids is 2. The molecule has 120 valence electrons. The largest absolute Gasteiger partial charge is 0.426 e. The second-order valence-corrected chi connectivity index (χ2v) is 5.31. The van der Waals surface area contributed by atoms with Crippen molar-refractivity contribution in [3.8, 4) is 11.5 Å². The van der Waals surface area contributed by atoms with E-state index in [2.05, 4.69) is 11.9 Å². The lowest BCUT2D eigenvalue weighted by molar-refractivity contribution is -0.132. The van der Waals surface area contributed by atoms with Crippen LogP contribution < -0.4 is 14.8 Å². The Kier molecular flexibility index (Phi) is 4.69. The van der Waals surface area contributed by atoms with Crippen molar-refractivity contribution in [3.63, 3.8) is 0 Å². The van der Waals surface area contributed by atoms with Crippen LogP contribution in [0.3, 0.4) is 0 Å². The molecule has 5 heteroatoms. The molecule has 0 spiro atoms. The summed E-state index contributed by atoms with van der Waals surface area (Å²) in [6.07, 6.45) is 0. The molecule has 0 bridgehead atoms. The van der Waals surface area contributed by atoms with Crippen LogP contribution in [0.5, 0.6) is 11.5 Å². The van der Waals surface area contributed by atoms with E-state index >= 15 is 0 Å². The molecule has 0 amide bonds. The Morgan fingerprint density at radius 3 is 2.35 bits per heavy atom. The lowest BCUT2D eigenvalue weighted by Gasteiger charge is -2.16. The zero-order valence-electron chi connectivity index (χ0n) is 13.6. The van der Waals surface area contributed by atoms with Gasteiger partial charge in [0.1, 0.15) is 5.75 Å². The maximum Gasteiger partial charge on any atom is 0.338 e. The van der Waals surface area contributed by atoms with Gasteiger partial charge in [-0.15, -0.1) is 0 Å². The van der Waals surface area contributed by atoms with Crippen LogP contribution in [0.2, 0.25) is 0 Å². The molecular formula is C18H19NO4. The van der Waals surface area contributed by atoms with Crippen molar-refractivity contribution >= 4 is 28.4 Å². The van der Waals surface area contributed by atoms with E-state index in [9.17, 15) is 9.59 Å². The summed E-state index contributed by atoms with van der Waals surface area (Å²) in [6.45, 7) is 8.45. The van der Waals surface area contributed by atoms with Gasteiger partial charge in [-0.1, -0.05) is 24.3 Å². The Morgan fingerprint density at radius 1 is 1.09 bits per heavy atom. The third kappa shape index (κ3) is 3.51. The summed E-state index contributed by atoms with van der Waals surface area (Å²) in [5.41, 5.74) is 1.85. The molecule has 0 atom stereocenters. The summed E-state index contributed by atoms with van der Waals surface area (Å²) in [6, 6.07) is 7.26. The number of rotatable bonds is 4. The first-order chi connectivity index (χ1) is 10.8. The topological polar surface area (TPSA) is 64.6 Å². The van der Waals surface area contributed by atoms with E-state index in [1.54, 1.807) is 20.0 Å². The zero-order valence-corrected chi connectivity index (χ0v) is 13.6. The van der Waals surface area contributed by atoms with E-state index in [0.29, 0.717) is 33.5 Å². The lowest BCUT2D eigenvalue weighted by atomic mass is 10.0. The Hall–Kier alpha value is -2.82. The number of nitrogens with one attached hydrogen (secondary N) is 1. The van der Waals surface area contributed by atoms with E-state index in [0.717, 1.165) is 5.56 Å². The van der Waals surface area contributed by atoms with Gasteiger partial charge in [-0.05, 0) is 19.9 Å². The quantitative estimate of drug-likeness (QED) is 0.531. The van der Waals surface area contributed by atoms with Gasteiger partial charge in [0.2, 0.25) is 0 Å². The molecule has 2 rings (SSSR count). The van der Waals surface area contributed by atoms with Crippen molar-refractivity contribution in [2.24, 2.45) is 0 Å². The fraction of sp³-hybridized carbons (Fsp3) is 0.222. The van der Waals surface area contributed by atoms with Crippen molar-refractivity contribution in [2.75, 3.05) is 12.4 Å². The Balaban J connectivity index is 2.73. The van der Waals surface area contributed by atoms with Crippen molar-refractivity contribution < 1.29 is 19.1 Å². The molecule has 0 saturated heterocycles. The number of carbonyl (C=O) groups is 2. The minimum Gasteiger partial charge on any atom is -0.426 e. The summed E-state index contributed by atoms with van der Waals surface area (Å²) >= 11 is 0. The highest BCUT2D eigenvalue weighted by Gasteiger charge is 2.18. The number of benzene rings is 2. The molecule has 0 aliphatic rings. The Labute approximate surface area is 134 Å². The van der Waals surface area contributed by atoms with Crippen LogP contribution in [0.25, 0.3) is 10.8 Å². The highest BCUT2D eigenvalue weighted by Crippen LogP contribution is 2.40. The normalized spacial score (nSPS) is 10.3. The van der Waals surface area contributed by atoms with Gasteiger partial charge in [0.25, 0.3) is 0 Å². The van der Waals surface area contributed by atoms with Gasteiger partial charge in [0.15, 0.2) is 5.75 Å². The van der Waals surface area contributed by atoms with Gasteiger partial charge in [-0.3, -0.25) is 4.79 Å². The molecule has 0 radical (unpaired) electrons. The third-order valence-electron chi connectivity index (χ3n) is 3.27. The van der Waals surface area contributed by atoms with Gasteiger partial charge in [-0.2, -0.15) is 0 Å². The van der Waals surface area contributed by atoms with E-state index < -0.39 is 11.9 Å². The highest BCUT2D eigenvalue weighted by molar-refractivity contribution is 6.02. The lowest BCUT2D eigenvalue weighted by Crippen LogP contribution is -2.11. The van der Waals surface area contributed by atoms with E-state index in [1.807, 2.05) is 25.1 Å². The van der Waals surface area contributed by atoms with E-state index in [-0.39, 0.29) is 0 Å². The minimum absolute atomic E-state index is 0.302. The smallest absolute Gasteiger partial charge is 0.338 e. The van der Waals surface area contributed by atoms with Crippen molar-refractivity contribution in [2.45, 2.75) is 20.8 Å². The molecule has 23 heavy (non-hydrogen) atoms. The summed E-state index contributed by atoms with van der Waals surface area (Å²) < 4.78 is 10.8. The molecule has 0 fully saturated rings. The first-order valence-electron chi connectivity index (χ1n) is 7.14. The molecule has 0 unspecified atom stereocenters. The van der Waals surface area contributed by atoms with Crippen molar-refractivity contribution in [3.05, 3.63) is 42.0 Å². The SMILES string of the molecule is C=C(C)C(=O)Oc1c(NC)cc(OC(C)=O)c2cc(C)ccc12. The number of hydrogen-bond acceptors (Lipinski definition) is 5. The van der Waals surface area contributed by atoms with Crippen LogP contribution in [0.1, 0.15) is 19.4 Å². The first kappa shape index (κ1) is 16.5. The Morgan fingerprint density at radius 2 is 1.78 bits per heavy atom. The van der Waals surface area contributed by atoms with Gasteiger partial charge in [0, 0.05) is 36.4 Å². The third-order valence-corrected chi connectivity index (χ3v) is 3.27.